The average molecular weight is 332 g/mol. The Balaban J connectivity index is 2.27. The summed E-state index contributed by atoms with van der Waals surface area (Å²) in [6.45, 7) is 8.17. The predicted molar refractivity (Wildman–Crippen MR) is 91.9 cm³/mol. The van der Waals surface area contributed by atoms with Gasteiger partial charge in [-0.25, -0.2) is 0 Å². The van der Waals surface area contributed by atoms with E-state index in [1.165, 1.54) is 17.0 Å². The van der Waals surface area contributed by atoms with E-state index in [-0.39, 0.29) is 17.6 Å². The predicted octanol–water partition coefficient (Wildman–Crippen LogP) is 4.32. The zero-order valence-corrected chi connectivity index (χ0v) is 14.5. The summed E-state index contributed by atoms with van der Waals surface area (Å²) < 4.78 is 0. The molecule has 2 aromatic rings. The molecule has 0 unspecified atom stereocenters. The highest BCUT2D eigenvalue weighted by molar-refractivity contribution is 7.11. The minimum Gasteiger partial charge on any atom is -0.331 e. The van der Waals surface area contributed by atoms with Crippen molar-refractivity contribution in [3.8, 4) is 0 Å². The van der Waals surface area contributed by atoms with Crippen molar-refractivity contribution in [2.24, 2.45) is 0 Å². The smallest absolute Gasteiger partial charge is 0.272 e. The van der Waals surface area contributed by atoms with E-state index < -0.39 is 4.92 Å². The quantitative estimate of drug-likeness (QED) is 0.605. The summed E-state index contributed by atoms with van der Waals surface area (Å²) in [4.78, 5) is 27.4. The zero-order valence-electron chi connectivity index (χ0n) is 13.7. The summed E-state index contributed by atoms with van der Waals surface area (Å²) in [6.07, 6.45) is 0. The molecule has 1 aromatic heterocycles. The van der Waals surface area contributed by atoms with E-state index in [0.717, 1.165) is 4.88 Å². The molecule has 0 spiro atoms. The number of hydrogen-bond donors (Lipinski definition) is 0. The largest absolute Gasteiger partial charge is 0.331 e. The van der Waals surface area contributed by atoms with E-state index in [9.17, 15) is 14.9 Å². The highest BCUT2D eigenvalue weighted by Crippen LogP contribution is 2.23. The number of rotatable bonds is 5. The van der Waals surface area contributed by atoms with E-state index >= 15 is 0 Å². The standard InChI is InChI=1S/C17H20N2O3S/c1-11(2)18(10-15-7-5-13(4)23-15)17(20)14-6-8-16(19(21)22)12(3)9-14/h5-9,11H,10H2,1-4H3. The third kappa shape index (κ3) is 3.96. The number of nitro benzene ring substituents is 1. The lowest BCUT2D eigenvalue weighted by Gasteiger charge is -2.26. The van der Waals surface area contributed by atoms with Gasteiger partial charge in [-0.05, 0) is 52.0 Å². The molecule has 0 N–H and O–H groups in total. The molecule has 0 aliphatic heterocycles. The van der Waals surface area contributed by atoms with Crippen LogP contribution in [0.25, 0.3) is 0 Å². The molecule has 0 bridgehead atoms. The van der Waals surface area contributed by atoms with Gasteiger partial charge in [-0.15, -0.1) is 11.3 Å². The van der Waals surface area contributed by atoms with Crippen molar-refractivity contribution in [3.63, 3.8) is 0 Å². The van der Waals surface area contributed by atoms with Crippen LogP contribution in [0.2, 0.25) is 0 Å². The summed E-state index contributed by atoms with van der Waals surface area (Å²) in [6, 6.07) is 8.64. The third-order valence-corrected chi connectivity index (χ3v) is 4.63. The molecule has 0 atom stereocenters. The molecule has 6 heteroatoms. The van der Waals surface area contributed by atoms with Crippen LogP contribution in [0.3, 0.4) is 0 Å². The zero-order chi connectivity index (χ0) is 17.1. The van der Waals surface area contributed by atoms with Gasteiger partial charge in [0.05, 0.1) is 11.5 Å². The van der Waals surface area contributed by atoms with Crippen LogP contribution < -0.4 is 0 Å². The van der Waals surface area contributed by atoms with Gasteiger partial charge >= 0.3 is 0 Å². The third-order valence-electron chi connectivity index (χ3n) is 3.65. The molecule has 2 rings (SSSR count). The van der Waals surface area contributed by atoms with Crippen LogP contribution in [0.4, 0.5) is 5.69 Å². The Morgan fingerprint density at radius 3 is 2.43 bits per heavy atom. The molecule has 5 nitrogen and oxygen atoms in total. The van der Waals surface area contributed by atoms with Crippen LogP contribution in [0.5, 0.6) is 0 Å². The monoisotopic (exact) mass is 332 g/mol. The number of amides is 1. The molecular weight excluding hydrogens is 312 g/mol. The summed E-state index contributed by atoms with van der Waals surface area (Å²) in [5.74, 6) is -0.107. The van der Waals surface area contributed by atoms with E-state index in [2.05, 4.69) is 0 Å². The van der Waals surface area contributed by atoms with Crippen molar-refractivity contribution in [2.75, 3.05) is 0 Å². The maximum absolute atomic E-state index is 12.8. The summed E-state index contributed by atoms with van der Waals surface area (Å²) >= 11 is 1.67. The summed E-state index contributed by atoms with van der Waals surface area (Å²) in [7, 11) is 0. The van der Waals surface area contributed by atoms with Crippen LogP contribution in [-0.4, -0.2) is 21.8 Å². The van der Waals surface area contributed by atoms with Crippen molar-refractivity contribution < 1.29 is 9.72 Å². The summed E-state index contributed by atoms with van der Waals surface area (Å²) in [5.41, 5.74) is 1.01. The Morgan fingerprint density at radius 1 is 1.26 bits per heavy atom. The van der Waals surface area contributed by atoms with E-state index in [1.807, 2.05) is 32.9 Å². The number of hydrogen-bond acceptors (Lipinski definition) is 4. The highest BCUT2D eigenvalue weighted by Gasteiger charge is 2.21. The van der Waals surface area contributed by atoms with Gasteiger partial charge in [-0.2, -0.15) is 0 Å². The highest BCUT2D eigenvalue weighted by atomic mass is 32.1. The van der Waals surface area contributed by atoms with Crippen molar-refractivity contribution in [1.82, 2.24) is 4.90 Å². The summed E-state index contributed by atoms with van der Waals surface area (Å²) in [5, 5.41) is 10.9. The minimum atomic E-state index is -0.432. The Labute approximate surface area is 139 Å². The van der Waals surface area contributed by atoms with Crippen molar-refractivity contribution in [3.05, 3.63) is 61.3 Å². The molecule has 0 aliphatic carbocycles. The van der Waals surface area contributed by atoms with E-state index in [1.54, 1.807) is 29.2 Å². The van der Waals surface area contributed by atoms with Gasteiger partial charge in [0, 0.05) is 33.0 Å². The van der Waals surface area contributed by atoms with Crippen LogP contribution in [0.1, 0.15) is 39.5 Å². The number of aryl methyl sites for hydroxylation is 2. The topological polar surface area (TPSA) is 63.5 Å². The first kappa shape index (κ1) is 17.1. The first-order chi connectivity index (χ1) is 10.8. The van der Waals surface area contributed by atoms with Gasteiger partial charge in [0.2, 0.25) is 0 Å². The number of thiophene rings is 1. The lowest BCUT2D eigenvalue weighted by molar-refractivity contribution is -0.385. The fourth-order valence-electron chi connectivity index (χ4n) is 2.39. The normalized spacial score (nSPS) is 10.8. The molecule has 0 radical (unpaired) electrons. The number of carbonyl (C=O) groups excluding carboxylic acids is 1. The van der Waals surface area contributed by atoms with E-state index in [4.69, 9.17) is 0 Å². The fourth-order valence-corrected chi connectivity index (χ4v) is 3.28. The molecule has 0 saturated carbocycles. The average Bonchev–Trinajstić information content (AvgIpc) is 2.88. The van der Waals surface area contributed by atoms with Crippen molar-refractivity contribution >= 4 is 22.9 Å². The Kier molecular flexibility index (Phi) is 5.15. The van der Waals surface area contributed by atoms with E-state index in [0.29, 0.717) is 17.7 Å². The lowest BCUT2D eigenvalue weighted by Crippen LogP contribution is -2.36. The fraction of sp³-hybridized carbons (Fsp3) is 0.353. The van der Waals surface area contributed by atoms with Gasteiger partial charge in [0.25, 0.3) is 11.6 Å². The van der Waals surface area contributed by atoms with Crippen molar-refractivity contribution in [2.45, 2.75) is 40.3 Å². The molecule has 1 aromatic carbocycles. The molecule has 122 valence electrons. The van der Waals surface area contributed by atoms with Crippen LogP contribution in [0, 0.1) is 24.0 Å². The number of nitro groups is 1. The molecule has 0 fully saturated rings. The second-order valence-electron chi connectivity index (χ2n) is 5.80. The van der Waals surface area contributed by atoms with Gasteiger partial charge in [-0.1, -0.05) is 0 Å². The number of carbonyl (C=O) groups is 1. The van der Waals surface area contributed by atoms with Gasteiger partial charge in [-0.3, -0.25) is 14.9 Å². The molecule has 23 heavy (non-hydrogen) atoms. The second kappa shape index (κ2) is 6.91. The van der Waals surface area contributed by atoms with Crippen LogP contribution >= 0.6 is 11.3 Å². The lowest BCUT2D eigenvalue weighted by atomic mass is 10.1. The maximum Gasteiger partial charge on any atom is 0.272 e. The van der Waals surface area contributed by atoms with Crippen molar-refractivity contribution in [1.29, 1.82) is 0 Å². The first-order valence-corrected chi connectivity index (χ1v) is 8.22. The van der Waals surface area contributed by atoms with Crippen LogP contribution in [-0.2, 0) is 6.54 Å². The van der Waals surface area contributed by atoms with Crippen LogP contribution in [0.15, 0.2) is 30.3 Å². The minimum absolute atomic E-state index is 0.0338. The van der Waals surface area contributed by atoms with Gasteiger partial charge in [0.15, 0.2) is 0 Å². The molecule has 0 saturated heterocycles. The Hall–Kier alpha value is -2.21. The second-order valence-corrected chi connectivity index (χ2v) is 7.17. The Morgan fingerprint density at radius 2 is 1.96 bits per heavy atom. The first-order valence-electron chi connectivity index (χ1n) is 7.41. The maximum atomic E-state index is 12.8. The number of benzene rings is 1. The molecule has 0 aliphatic rings. The molecular formula is C17H20N2O3S. The molecule has 1 heterocycles. The SMILES string of the molecule is Cc1ccc(CN(C(=O)c2ccc([N+](=O)[O-])c(C)c2)C(C)C)s1. The van der Waals surface area contributed by atoms with Gasteiger partial charge in [0.1, 0.15) is 0 Å². The number of nitrogens with zero attached hydrogens (tertiary/aromatic N) is 2. The molecule has 1 amide bonds. The van der Waals surface area contributed by atoms with Gasteiger partial charge < -0.3 is 4.90 Å². The Bertz CT molecular complexity index is 737.